The molecular weight excluding hydrogens is 463 g/mol. The molecule has 1 aliphatic rings. The van der Waals surface area contributed by atoms with Crippen molar-refractivity contribution >= 4 is 28.8 Å². The van der Waals surface area contributed by atoms with Crippen LogP contribution in [0.2, 0.25) is 0 Å². The van der Waals surface area contributed by atoms with Crippen molar-refractivity contribution in [2.75, 3.05) is 11.4 Å². The van der Waals surface area contributed by atoms with Crippen LogP contribution in [0.3, 0.4) is 0 Å². The molecule has 1 unspecified atom stereocenters. The van der Waals surface area contributed by atoms with Crippen molar-refractivity contribution in [1.82, 2.24) is 15.6 Å². The predicted molar refractivity (Wildman–Crippen MR) is 137 cm³/mol. The van der Waals surface area contributed by atoms with E-state index >= 15 is 0 Å². The zero-order valence-electron chi connectivity index (χ0n) is 19.9. The fraction of sp³-hybridized carbons (Fsp3) is 0.370. The van der Waals surface area contributed by atoms with Gasteiger partial charge in [0.25, 0.3) is 0 Å². The van der Waals surface area contributed by atoms with Gasteiger partial charge in [-0.05, 0) is 49.1 Å². The van der Waals surface area contributed by atoms with Gasteiger partial charge in [0.15, 0.2) is 0 Å². The van der Waals surface area contributed by atoms with Crippen molar-refractivity contribution in [3.63, 3.8) is 0 Å². The van der Waals surface area contributed by atoms with Crippen LogP contribution in [0.5, 0.6) is 0 Å². The number of thiazole rings is 1. The lowest BCUT2D eigenvalue weighted by molar-refractivity contribution is -0.127. The molecule has 4 rings (SSSR count). The molecule has 1 aliphatic carbocycles. The molecule has 1 atom stereocenters. The van der Waals surface area contributed by atoms with E-state index in [2.05, 4.69) is 15.6 Å². The maximum atomic E-state index is 14.3. The molecule has 1 fully saturated rings. The molecule has 0 spiro atoms. The third-order valence-electron chi connectivity index (χ3n) is 6.36. The summed E-state index contributed by atoms with van der Waals surface area (Å²) in [6.45, 7) is 2.33. The van der Waals surface area contributed by atoms with E-state index < -0.39 is 11.9 Å². The fourth-order valence-corrected chi connectivity index (χ4v) is 5.15. The van der Waals surface area contributed by atoms with Crippen molar-refractivity contribution in [3.05, 3.63) is 82.1 Å². The number of aryl methyl sites for hydroxylation is 1. The average molecular weight is 495 g/mol. The average Bonchev–Trinajstić information content (AvgIpc) is 3.37. The number of nitrogens with zero attached hydrogens (tertiary/aromatic N) is 2. The first kappa shape index (κ1) is 25.0. The lowest BCUT2D eigenvalue weighted by atomic mass is 9.93. The number of carbonyl (C=O) groups excluding carboxylic acids is 2. The van der Waals surface area contributed by atoms with Crippen LogP contribution in [-0.4, -0.2) is 29.4 Å². The molecule has 1 aromatic heterocycles. The second-order valence-electron chi connectivity index (χ2n) is 8.93. The number of hydrogen-bond donors (Lipinski definition) is 2. The van der Waals surface area contributed by atoms with Crippen molar-refractivity contribution in [1.29, 1.82) is 0 Å². The summed E-state index contributed by atoms with van der Waals surface area (Å²) in [4.78, 5) is 33.1. The van der Waals surface area contributed by atoms with Crippen molar-refractivity contribution in [2.24, 2.45) is 0 Å². The minimum Gasteiger partial charge on any atom is -0.351 e. The van der Waals surface area contributed by atoms with E-state index in [4.69, 9.17) is 0 Å². The van der Waals surface area contributed by atoms with Crippen LogP contribution in [-0.2, 0) is 16.1 Å². The van der Waals surface area contributed by atoms with Crippen molar-refractivity contribution in [3.8, 4) is 0 Å². The monoisotopic (exact) mass is 494 g/mol. The largest absolute Gasteiger partial charge is 0.351 e. The van der Waals surface area contributed by atoms with Crippen LogP contribution < -0.4 is 15.5 Å². The first-order valence-corrected chi connectivity index (χ1v) is 13.0. The standard InChI is InChI=1S/C27H31FN4O2S/c1-19-8-5-6-13-24(19)26(27(34)31-21-10-3-2-4-11-21)32(23-12-7-9-20(28)14-23)25(33)16-29-15-22-17-35-18-30-22/h5-9,12-14,17-18,21,26,29H,2-4,10-11,15-16H2,1H3,(H,31,34). The summed E-state index contributed by atoms with van der Waals surface area (Å²) in [6.07, 6.45) is 5.18. The molecule has 0 bridgehead atoms. The van der Waals surface area contributed by atoms with Crippen LogP contribution in [0, 0.1) is 12.7 Å². The molecule has 2 amide bonds. The van der Waals surface area contributed by atoms with Gasteiger partial charge in [-0.2, -0.15) is 0 Å². The SMILES string of the molecule is Cc1ccccc1C(C(=O)NC1CCCCC1)N(C(=O)CNCc1cscn1)c1cccc(F)c1. The highest BCUT2D eigenvalue weighted by atomic mass is 32.1. The van der Waals surface area contributed by atoms with E-state index in [0.717, 1.165) is 42.5 Å². The van der Waals surface area contributed by atoms with Crippen LogP contribution in [0.4, 0.5) is 10.1 Å². The zero-order valence-corrected chi connectivity index (χ0v) is 20.7. The minimum atomic E-state index is -0.923. The summed E-state index contributed by atoms with van der Waals surface area (Å²) in [5.74, 6) is -1.03. The van der Waals surface area contributed by atoms with Gasteiger partial charge in [-0.3, -0.25) is 14.5 Å². The van der Waals surface area contributed by atoms with E-state index in [1.807, 2.05) is 36.6 Å². The molecule has 1 saturated carbocycles. The highest BCUT2D eigenvalue weighted by Gasteiger charge is 2.34. The van der Waals surface area contributed by atoms with E-state index in [1.165, 1.54) is 34.8 Å². The molecule has 184 valence electrons. The Morgan fingerprint density at radius 3 is 2.66 bits per heavy atom. The minimum absolute atomic E-state index is 0.0207. The highest BCUT2D eigenvalue weighted by Crippen LogP contribution is 2.31. The lowest BCUT2D eigenvalue weighted by Crippen LogP contribution is -2.49. The summed E-state index contributed by atoms with van der Waals surface area (Å²) in [5.41, 5.74) is 4.53. The molecular formula is C27H31FN4O2S. The summed E-state index contributed by atoms with van der Waals surface area (Å²) in [6, 6.07) is 12.6. The van der Waals surface area contributed by atoms with Crippen LogP contribution in [0.1, 0.15) is 55.0 Å². The second kappa shape index (κ2) is 12.0. The van der Waals surface area contributed by atoms with Gasteiger partial charge < -0.3 is 10.6 Å². The van der Waals surface area contributed by atoms with E-state index in [0.29, 0.717) is 12.2 Å². The zero-order chi connectivity index (χ0) is 24.6. The van der Waals surface area contributed by atoms with Gasteiger partial charge >= 0.3 is 0 Å². The van der Waals surface area contributed by atoms with E-state index in [-0.39, 0.29) is 24.4 Å². The van der Waals surface area contributed by atoms with Gasteiger partial charge in [0, 0.05) is 23.7 Å². The van der Waals surface area contributed by atoms with Crippen LogP contribution in [0.25, 0.3) is 0 Å². The lowest BCUT2D eigenvalue weighted by Gasteiger charge is -2.34. The highest BCUT2D eigenvalue weighted by molar-refractivity contribution is 7.07. The fourth-order valence-electron chi connectivity index (χ4n) is 4.59. The van der Waals surface area contributed by atoms with Crippen LogP contribution in [0.15, 0.2) is 59.4 Å². The molecule has 0 saturated heterocycles. The Hall–Kier alpha value is -3.10. The molecule has 0 radical (unpaired) electrons. The van der Waals surface area contributed by atoms with Gasteiger partial charge in [0.2, 0.25) is 11.8 Å². The van der Waals surface area contributed by atoms with Gasteiger partial charge in [0.05, 0.1) is 17.7 Å². The third kappa shape index (κ3) is 6.52. The number of benzene rings is 2. The predicted octanol–water partition coefficient (Wildman–Crippen LogP) is 4.90. The Bertz CT molecular complexity index is 1130. The maximum absolute atomic E-state index is 14.3. The van der Waals surface area contributed by atoms with Gasteiger partial charge in [-0.15, -0.1) is 11.3 Å². The third-order valence-corrected chi connectivity index (χ3v) is 7.00. The molecule has 8 heteroatoms. The number of amides is 2. The Balaban J connectivity index is 1.67. The summed E-state index contributed by atoms with van der Waals surface area (Å²) in [5, 5.41) is 8.22. The molecule has 1 heterocycles. The number of nitrogens with one attached hydrogen (secondary N) is 2. The summed E-state index contributed by atoms with van der Waals surface area (Å²) in [7, 11) is 0. The second-order valence-corrected chi connectivity index (χ2v) is 9.65. The number of halogens is 1. The van der Waals surface area contributed by atoms with E-state index in [1.54, 1.807) is 17.6 Å². The first-order valence-electron chi connectivity index (χ1n) is 12.0. The molecule has 0 aliphatic heterocycles. The molecule has 35 heavy (non-hydrogen) atoms. The summed E-state index contributed by atoms with van der Waals surface area (Å²) < 4.78 is 14.3. The quantitative estimate of drug-likeness (QED) is 0.444. The topological polar surface area (TPSA) is 74.3 Å². The molecule has 2 N–H and O–H groups in total. The van der Waals surface area contributed by atoms with Crippen LogP contribution >= 0.6 is 11.3 Å². The van der Waals surface area contributed by atoms with Crippen molar-refractivity contribution in [2.45, 2.75) is 57.7 Å². The Kier molecular flexibility index (Phi) is 8.60. The number of hydrogen-bond acceptors (Lipinski definition) is 5. The molecule has 2 aromatic carbocycles. The molecule has 6 nitrogen and oxygen atoms in total. The Morgan fingerprint density at radius 1 is 1.14 bits per heavy atom. The van der Waals surface area contributed by atoms with Gasteiger partial charge in [-0.25, -0.2) is 9.37 Å². The van der Waals surface area contributed by atoms with E-state index in [9.17, 15) is 14.0 Å². The normalized spacial score (nSPS) is 14.9. The Labute approximate surface area is 209 Å². The number of carbonyl (C=O) groups is 2. The number of aromatic nitrogens is 1. The number of anilines is 1. The van der Waals surface area contributed by atoms with Gasteiger partial charge in [0.1, 0.15) is 11.9 Å². The molecule has 3 aromatic rings. The maximum Gasteiger partial charge on any atom is 0.248 e. The first-order chi connectivity index (χ1) is 17.0. The summed E-state index contributed by atoms with van der Waals surface area (Å²) >= 11 is 1.49. The number of rotatable bonds is 9. The van der Waals surface area contributed by atoms with Gasteiger partial charge in [-0.1, -0.05) is 49.6 Å². The Morgan fingerprint density at radius 2 is 1.94 bits per heavy atom. The smallest absolute Gasteiger partial charge is 0.248 e. The van der Waals surface area contributed by atoms with Crippen molar-refractivity contribution < 1.29 is 14.0 Å².